The van der Waals surface area contributed by atoms with E-state index in [1.807, 2.05) is 0 Å². The number of nitrogens with zero attached hydrogens (tertiary/aromatic N) is 1. The molecule has 4 atom stereocenters. The molecule has 1 aliphatic heterocycles. The van der Waals surface area contributed by atoms with Crippen LogP contribution in [-0.4, -0.2) is 24.2 Å². The molecular weight excluding hydrogens is 232 g/mol. The second kappa shape index (κ2) is 5.96. The molecule has 106 valence electrons. The van der Waals surface area contributed by atoms with Gasteiger partial charge in [-0.25, -0.2) is 0 Å². The van der Waals surface area contributed by atoms with Gasteiger partial charge < -0.3 is 10.2 Å². The zero-order chi connectivity index (χ0) is 14.0. The van der Waals surface area contributed by atoms with Crippen LogP contribution in [0.2, 0.25) is 0 Å². The van der Waals surface area contributed by atoms with Gasteiger partial charge in [-0.2, -0.15) is 0 Å². The van der Waals surface area contributed by atoms with Crippen molar-refractivity contribution in [1.82, 2.24) is 5.32 Å². The fourth-order valence-corrected chi connectivity index (χ4v) is 3.56. The molecule has 1 N–H and O–H groups in total. The summed E-state index contributed by atoms with van der Waals surface area (Å²) >= 11 is 0. The van der Waals surface area contributed by atoms with Crippen molar-refractivity contribution in [2.45, 2.75) is 71.6 Å². The number of nitrogens with one attached hydrogen (secondary N) is 1. The summed E-state index contributed by atoms with van der Waals surface area (Å²) in [7, 11) is 0. The Labute approximate surface area is 118 Å². The molecule has 0 radical (unpaired) electrons. The van der Waals surface area contributed by atoms with Gasteiger partial charge in [0.1, 0.15) is 0 Å². The van der Waals surface area contributed by atoms with Crippen LogP contribution in [0.1, 0.15) is 46.1 Å². The first-order valence-corrected chi connectivity index (χ1v) is 7.69. The average Bonchev–Trinajstić information content (AvgIpc) is 2.39. The molecule has 1 heterocycles. The maximum Gasteiger partial charge on any atom is 0.0441 e. The lowest BCUT2D eigenvalue weighted by molar-refractivity contribution is 0.264. The highest BCUT2D eigenvalue weighted by Crippen LogP contribution is 2.30. The Bertz CT molecular complexity index is 382. The Kier molecular flexibility index (Phi) is 4.51. The minimum atomic E-state index is 0.545. The molecule has 0 amide bonds. The number of rotatable bonds is 3. The molecule has 19 heavy (non-hydrogen) atoms. The largest absolute Gasteiger partial charge is 0.362 e. The Morgan fingerprint density at radius 3 is 1.84 bits per heavy atom. The van der Waals surface area contributed by atoms with E-state index in [4.69, 9.17) is 0 Å². The van der Waals surface area contributed by atoms with Crippen molar-refractivity contribution < 1.29 is 0 Å². The molecule has 1 fully saturated rings. The van der Waals surface area contributed by atoms with Gasteiger partial charge in [-0.1, -0.05) is 31.5 Å². The van der Waals surface area contributed by atoms with Gasteiger partial charge in [0, 0.05) is 29.9 Å². The summed E-state index contributed by atoms with van der Waals surface area (Å²) in [5.74, 6) is 0. The molecule has 0 aromatic heterocycles. The van der Waals surface area contributed by atoms with E-state index >= 15 is 0 Å². The number of hydrogen-bond acceptors (Lipinski definition) is 2. The fourth-order valence-electron chi connectivity index (χ4n) is 3.56. The lowest BCUT2D eigenvalue weighted by Crippen LogP contribution is -2.65. The summed E-state index contributed by atoms with van der Waals surface area (Å²) in [6, 6.07) is 11.3. The summed E-state index contributed by atoms with van der Waals surface area (Å²) in [6.45, 7) is 11.4. The normalized spacial score (nSPS) is 31.5. The van der Waals surface area contributed by atoms with Crippen LogP contribution in [0.5, 0.6) is 0 Å². The molecule has 1 aliphatic rings. The van der Waals surface area contributed by atoms with Crippen molar-refractivity contribution in [3.05, 3.63) is 29.8 Å². The zero-order valence-corrected chi connectivity index (χ0v) is 13.0. The van der Waals surface area contributed by atoms with Crippen molar-refractivity contribution >= 4 is 5.69 Å². The summed E-state index contributed by atoms with van der Waals surface area (Å²) < 4.78 is 0. The van der Waals surface area contributed by atoms with Gasteiger partial charge in [0.25, 0.3) is 0 Å². The Morgan fingerprint density at radius 1 is 0.947 bits per heavy atom. The van der Waals surface area contributed by atoms with E-state index in [1.165, 1.54) is 24.1 Å². The SMILES string of the molecule is CCC1C(C)NC(C)C(CC)N1c1ccc(C)cc1. The van der Waals surface area contributed by atoms with Crippen molar-refractivity contribution in [2.75, 3.05) is 4.90 Å². The quantitative estimate of drug-likeness (QED) is 0.890. The highest BCUT2D eigenvalue weighted by Gasteiger charge is 2.36. The minimum absolute atomic E-state index is 0.545. The highest BCUT2D eigenvalue weighted by atomic mass is 15.3. The molecule has 1 aromatic carbocycles. The minimum Gasteiger partial charge on any atom is -0.362 e. The van der Waals surface area contributed by atoms with Crippen molar-refractivity contribution in [1.29, 1.82) is 0 Å². The summed E-state index contributed by atoms with van der Waals surface area (Å²) in [5, 5.41) is 3.75. The number of piperazine rings is 1. The fraction of sp³-hybridized carbons (Fsp3) is 0.647. The van der Waals surface area contributed by atoms with Crippen LogP contribution in [0.3, 0.4) is 0 Å². The number of anilines is 1. The molecular formula is C17H28N2. The van der Waals surface area contributed by atoms with Gasteiger partial charge in [-0.05, 0) is 45.7 Å². The summed E-state index contributed by atoms with van der Waals surface area (Å²) in [5.41, 5.74) is 2.71. The molecule has 2 rings (SSSR count). The second-order valence-electron chi connectivity index (χ2n) is 5.94. The summed E-state index contributed by atoms with van der Waals surface area (Å²) in [6.07, 6.45) is 2.37. The first-order valence-electron chi connectivity index (χ1n) is 7.69. The first-order chi connectivity index (χ1) is 9.08. The van der Waals surface area contributed by atoms with E-state index in [2.05, 4.69) is 69.1 Å². The molecule has 0 aliphatic carbocycles. The summed E-state index contributed by atoms with van der Waals surface area (Å²) in [4.78, 5) is 2.66. The Hall–Kier alpha value is -1.02. The lowest BCUT2D eigenvalue weighted by Gasteiger charge is -2.50. The Morgan fingerprint density at radius 2 is 1.42 bits per heavy atom. The van der Waals surface area contributed by atoms with Crippen LogP contribution in [-0.2, 0) is 0 Å². The van der Waals surface area contributed by atoms with Gasteiger partial charge in [-0.3, -0.25) is 0 Å². The van der Waals surface area contributed by atoms with Crippen LogP contribution in [0.15, 0.2) is 24.3 Å². The smallest absolute Gasteiger partial charge is 0.0441 e. The van der Waals surface area contributed by atoms with Crippen LogP contribution in [0.25, 0.3) is 0 Å². The third-order valence-electron chi connectivity index (χ3n) is 4.56. The number of benzene rings is 1. The monoisotopic (exact) mass is 260 g/mol. The van der Waals surface area contributed by atoms with E-state index in [1.54, 1.807) is 0 Å². The third-order valence-corrected chi connectivity index (χ3v) is 4.56. The molecule has 0 bridgehead atoms. The maximum atomic E-state index is 3.75. The topological polar surface area (TPSA) is 15.3 Å². The number of aryl methyl sites for hydroxylation is 1. The lowest BCUT2D eigenvalue weighted by atomic mass is 9.91. The second-order valence-corrected chi connectivity index (χ2v) is 5.94. The maximum absolute atomic E-state index is 3.75. The van der Waals surface area contributed by atoms with Crippen LogP contribution in [0.4, 0.5) is 5.69 Å². The molecule has 0 saturated carbocycles. The predicted octanol–water partition coefficient (Wildman–Crippen LogP) is 3.74. The van der Waals surface area contributed by atoms with Gasteiger partial charge in [0.05, 0.1) is 0 Å². The van der Waals surface area contributed by atoms with Gasteiger partial charge in [0.15, 0.2) is 0 Å². The van der Waals surface area contributed by atoms with Crippen LogP contribution in [0, 0.1) is 6.92 Å². The molecule has 1 saturated heterocycles. The van der Waals surface area contributed by atoms with Gasteiger partial charge >= 0.3 is 0 Å². The predicted molar refractivity (Wildman–Crippen MR) is 83.9 cm³/mol. The van der Waals surface area contributed by atoms with Crippen LogP contribution < -0.4 is 10.2 Å². The molecule has 4 unspecified atom stereocenters. The van der Waals surface area contributed by atoms with Crippen molar-refractivity contribution in [2.24, 2.45) is 0 Å². The van der Waals surface area contributed by atoms with Gasteiger partial charge in [0.2, 0.25) is 0 Å². The van der Waals surface area contributed by atoms with Crippen molar-refractivity contribution in [3.63, 3.8) is 0 Å². The standard InChI is InChI=1S/C17H28N2/c1-6-16-13(4)18-14(5)17(7-2)19(16)15-10-8-12(3)9-11-15/h8-11,13-14,16-18H,6-7H2,1-5H3. The van der Waals surface area contributed by atoms with E-state index in [0.717, 1.165) is 0 Å². The number of hydrogen-bond donors (Lipinski definition) is 1. The van der Waals surface area contributed by atoms with E-state index < -0.39 is 0 Å². The third kappa shape index (κ3) is 2.79. The average molecular weight is 260 g/mol. The highest BCUT2D eigenvalue weighted by molar-refractivity contribution is 5.51. The molecule has 1 aromatic rings. The van der Waals surface area contributed by atoms with Gasteiger partial charge in [-0.15, -0.1) is 0 Å². The zero-order valence-electron chi connectivity index (χ0n) is 13.0. The molecule has 2 heteroatoms. The molecule has 2 nitrogen and oxygen atoms in total. The molecule has 0 spiro atoms. The van der Waals surface area contributed by atoms with E-state index in [9.17, 15) is 0 Å². The van der Waals surface area contributed by atoms with Crippen LogP contribution >= 0.6 is 0 Å². The first kappa shape index (κ1) is 14.4. The Balaban J connectivity index is 2.36. The van der Waals surface area contributed by atoms with E-state index in [-0.39, 0.29) is 0 Å². The van der Waals surface area contributed by atoms with Crippen molar-refractivity contribution in [3.8, 4) is 0 Å². The van der Waals surface area contributed by atoms with E-state index in [0.29, 0.717) is 24.2 Å².